The lowest BCUT2D eigenvalue weighted by molar-refractivity contribution is -0.131. The van der Waals surface area contributed by atoms with E-state index in [9.17, 15) is 14.4 Å². The maximum Gasteiger partial charge on any atom is 0.318 e. The number of aryl methyl sites for hydroxylation is 1. The van der Waals surface area contributed by atoms with E-state index in [4.69, 9.17) is 19.4 Å². The maximum absolute atomic E-state index is 13.9. The minimum atomic E-state index is -1.02. The fourth-order valence-electron chi connectivity index (χ4n) is 7.00. The van der Waals surface area contributed by atoms with E-state index >= 15 is 0 Å². The topological polar surface area (TPSA) is 98.1 Å². The summed E-state index contributed by atoms with van der Waals surface area (Å²) in [7, 11) is 2.12. The number of hydrogen-bond donors (Lipinski definition) is 0. The first kappa shape index (κ1) is 32.7. The van der Waals surface area contributed by atoms with Crippen LogP contribution in [0.2, 0.25) is 0 Å². The van der Waals surface area contributed by atoms with Crippen LogP contribution in [0.25, 0.3) is 10.8 Å². The molecule has 3 aromatic rings. The van der Waals surface area contributed by atoms with Crippen molar-refractivity contribution in [2.75, 3.05) is 62.8 Å². The number of hydrogen-bond acceptors (Lipinski definition) is 9. The number of piperazine rings is 1. The number of nitrogens with zero attached hydrogens (tertiary/aromatic N) is 7. The van der Waals surface area contributed by atoms with E-state index in [0.29, 0.717) is 57.9 Å². The molecule has 3 aliphatic rings. The van der Waals surface area contributed by atoms with Crippen LogP contribution in [0, 0.1) is 18.3 Å². The van der Waals surface area contributed by atoms with Crippen LogP contribution in [0.15, 0.2) is 48.8 Å². The molecule has 2 atom stereocenters. The number of benzene rings is 2. The highest BCUT2D eigenvalue weighted by molar-refractivity contribution is 5.97. The first-order valence-corrected chi connectivity index (χ1v) is 16.5. The van der Waals surface area contributed by atoms with Crippen molar-refractivity contribution in [3.63, 3.8) is 0 Å². The molecule has 0 N–H and O–H groups in total. The third-order valence-electron chi connectivity index (χ3n) is 10.4. The van der Waals surface area contributed by atoms with Crippen molar-refractivity contribution in [1.82, 2.24) is 19.8 Å². The minimum Gasteiger partial charge on any atom is -0.461 e. The number of amides is 1. The number of halogens is 1. The summed E-state index contributed by atoms with van der Waals surface area (Å²) in [6, 6.07) is 15.1. The Hall–Kier alpha value is -4.27. The lowest BCUT2D eigenvalue weighted by Gasteiger charge is -2.45. The Balaban J connectivity index is 1.34. The van der Waals surface area contributed by atoms with E-state index < -0.39 is 17.8 Å². The van der Waals surface area contributed by atoms with Gasteiger partial charge >= 0.3 is 6.01 Å². The number of carbonyl (C=O) groups is 1. The monoisotopic (exact) mass is 641 g/mol. The van der Waals surface area contributed by atoms with Gasteiger partial charge in [0.25, 0.3) is 5.91 Å². The van der Waals surface area contributed by atoms with Crippen LogP contribution in [0.1, 0.15) is 43.5 Å². The van der Waals surface area contributed by atoms with Crippen LogP contribution in [0.4, 0.5) is 15.9 Å². The van der Waals surface area contributed by atoms with E-state index in [1.807, 2.05) is 0 Å². The van der Waals surface area contributed by atoms with Crippen molar-refractivity contribution in [1.29, 1.82) is 5.26 Å². The van der Waals surface area contributed by atoms with E-state index in [-0.39, 0.29) is 18.5 Å². The highest BCUT2D eigenvalue weighted by Crippen LogP contribution is 2.36. The van der Waals surface area contributed by atoms with Gasteiger partial charge in [0.1, 0.15) is 12.4 Å². The average Bonchev–Trinajstić information content (AvgIpc) is 3.05. The normalized spacial score (nSPS) is 19.6. The molecule has 0 radical (unpaired) electrons. The quantitative estimate of drug-likeness (QED) is 0.290. The molecular weight excluding hydrogens is 597 g/mol. The fraction of sp³-hybridized carbons (Fsp3) is 0.500. The van der Waals surface area contributed by atoms with Gasteiger partial charge in [-0.05, 0) is 50.8 Å². The molecule has 4 heterocycles. The molecule has 0 saturated carbocycles. The van der Waals surface area contributed by atoms with Gasteiger partial charge in [-0.3, -0.25) is 9.69 Å². The van der Waals surface area contributed by atoms with E-state index in [1.165, 1.54) is 26.9 Å². The molecule has 3 aliphatic heterocycles. The number of aromatic nitrogens is 2. The van der Waals surface area contributed by atoms with Crippen LogP contribution in [-0.2, 0) is 22.5 Å². The Morgan fingerprint density at radius 1 is 1.19 bits per heavy atom. The zero-order chi connectivity index (χ0) is 33.3. The van der Waals surface area contributed by atoms with Gasteiger partial charge in [-0.15, -0.1) is 0 Å². The molecule has 1 amide bonds. The van der Waals surface area contributed by atoms with Crippen molar-refractivity contribution < 1.29 is 18.7 Å². The summed E-state index contributed by atoms with van der Waals surface area (Å²) in [6.45, 7) is 13.9. The number of likely N-dealkylation sites (N-methyl/N-ethyl adjacent to an activating group) is 1. The van der Waals surface area contributed by atoms with Crippen LogP contribution < -0.4 is 14.5 Å². The zero-order valence-corrected chi connectivity index (χ0v) is 27.8. The molecule has 0 spiro atoms. The van der Waals surface area contributed by atoms with Crippen molar-refractivity contribution in [2.24, 2.45) is 0 Å². The van der Waals surface area contributed by atoms with Crippen molar-refractivity contribution in [3.05, 3.63) is 65.6 Å². The molecule has 1 aromatic heterocycles. The Kier molecular flexibility index (Phi) is 9.35. The first-order valence-electron chi connectivity index (χ1n) is 16.5. The van der Waals surface area contributed by atoms with Gasteiger partial charge in [0.2, 0.25) is 0 Å². The van der Waals surface area contributed by atoms with Crippen LogP contribution in [0.5, 0.6) is 6.01 Å². The molecule has 2 aromatic carbocycles. The average molecular weight is 642 g/mol. The van der Waals surface area contributed by atoms with E-state index in [2.05, 4.69) is 91.6 Å². The number of rotatable bonds is 10. The molecule has 2 saturated heterocycles. The number of ether oxygens (including phenoxy) is 2. The number of anilines is 2. The van der Waals surface area contributed by atoms with Crippen LogP contribution >= 0.6 is 0 Å². The minimum absolute atomic E-state index is 0.0758. The molecule has 0 aliphatic carbocycles. The van der Waals surface area contributed by atoms with Crippen LogP contribution in [-0.4, -0.2) is 96.3 Å². The number of nitriles is 1. The van der Waals surface area contributed by atoms with E-state index in [1.54, 1.807) is 0 Å². The van der Waals surface area contributed by atoms with Gasteiger partial charge in [0.15, 0.2) is 5.83 Å². The highest BCUT2D eigenvalue weighted by atomic mass is 19.1. The van der Waals surface area contributed by atoms with Gasteiger partial charge in [-0.25, -0.2) is 4.39 Å². The van der Waals surface area contributed by atoms with E-state index in [0.717, 1.165) is 30.0 Å². The molecule has 10 nitrogen and oxygen atoms in total. The molecule has 1 unspecified atom stereocenters. The Bertz CT molecular complexity index is 1700. The Morgan fingerprint density at radius 3 is 2.64 bits per heavy atom. The summed E-state index contributed by atoms with van der Waals surface area (Å²) in [5, 5.41) is 12.0. The van der Waals surface area contributed by atoms with Crippen molar-refractivity contribution in [3.8, 4) is 12.1 Å². The van der Waals surface area contributed by atoms with Crippen molar-refractivity contribution in [2.45, 2.75) is 64.2 Å². The molecule has 6 rings (SSSR count). The van der Waals surface area contributed by atoms with Gasteiger partial charge in [-0.1, -0.05) is 43.8 Å². The third kappa shape index (κ3) is 6.36. The summed E-state index contributed by atoms with van der Waals surface area (Å²) < 4.78 is 25.8. The molecule has 0 bridgehead atoms. The Morgan fingerprint density at radius 2 is 1.96 bits per heavy atom. The second-order valence-corrected chi connectivity index (χ2v) is 13.2. The fourth-order valence-corrected chi connectivity index (χ4v) is 7.00. The summed E-state index contributed by atoms with van der Waals surface area (Å²) >= 11 is 0. The summed E-state index contributed by atoms with van der Waals surface area (Å²) in [5.41, 5.74) is 4.08. The smallest absolute Gasteiger partial charge is 0.318 e. The largest absolute Gasteiger partial charge is 0.461 e. The van der Waals surface area contributed by atoms with Gasteiger partial charge in [0, 0.05) is 42.8 Å². The molecule has 248 valence electrons. The molecule has 11 heteroatoms. The summed E-state index contributed by atoms with van der Waals surface area (Å²) in [4.78, 5) is 30.9. The number of carbonyl (C=O) groups excluding carboxylic acids is 1. The molecule has 2 fully saturated rings. The zero-order valence-electron chi connectivity index (χ0n) is 27.8. The number of fused-ring (bicyclic) bond motifs is 2. The maximum atomic E-state index is 13.9. The lowest BCUT2D eigenvalue weighted by atomic mass is 9.95. The summed E-state index contributed by atoms with van der Waals surface area (Å²) in [6.07, 6.45) is 1.66. The predicted molar refractivity (Wildman–Crippen MR) is 180 cm³/mol. The lowest BCUT2D eigenvalue weighted by Crippen LogP contribution is -2.59. The van der Waals surface area contributed by atoms with Gasteiger partial charge < -0.3 is 24.2 Å². The Labute approximate surface area is 276 Å². The highest BCUT2D eigenvalue weighted by Gasteiger charge is 2.38. The summed E-state index contributed by atoms with van der Waals surface area (Å²) in [5.74, 6) is -1.02. The first-order chi connectivity index (χ1) is 22.6. The third-order valence-corrected chi connectivity index (χ3v) is 10.4. The second-order valence-electron chi connectivity index (χ2n) is 13.2. The standard InChI is InChI=1S/C36H44FN7O3/c1-6-36(4,41(5)28-21-46-22-28)23-47-35-39-30-20-42(31-12-8-11-26-10-7-9-24(2)32(26)31)16-14-29(30)33(40-35)43-17-18-44(34(45)25(3)37)27(19-43)13-15-38/h7-12,27-28H,3,6,13-14,16-23H2,1-2,4-5H3/t27-,36?/m0/s1. The molecular formula is C36H44FN7O3. The van der Waals surface area contributed by atoms with Crippen molar-refractivity contribution >= 4 is 28.2 Å². The molecule has 47 heavy (non-hydrogen) atoms. The second kappa shape index (κ2) is 13.5. The van der Waals surface area contributed by atoms with Gasteiger partial charge in [-0.2, -0.15) is 15.2 Å². The SMILES string of the molecule is C=C(F)C(=O)N1CCN(c2nc(OCC(C)(CC)N(C)C3COC3)nc3c2CCN(c2cccc4cccc(C)c24)C3)C[C@@H]1CC#N. The van der Waals surface area contributed by atoms with Crippen LogP contribution in [0.3, 0.4) is 0 Å². The predicted octanol–water partition coefficient (Wildman–Crippen LogP) is 4.79. The van der Waals surface area contributed by atoms with Gasteiger partial charge in [0.05, 0.1) is 55.6 Å².